The summed E-state index contributed by atoms with van der Waals surface area (Å²) in [5, 5.41) is 3.46. The van der Waals surface area contributed by atoms with Crippen LogP contribution in [0.2, 0.25) is 0 Å². The number of rotatable bonds is 6. The van der Waals surface area contributed by atoms with Crippen LogP contribution in [0.4, 0.5) is 0 Å². The Bertz CT molecular complexity index is 392. The molecule has 1 aliphatic carbocycles. The van der Waals surface area contributed by atoms with Gasteiger partial charge < -0.3 is 19.2 Å². The molecule has 4 nitrogen and oxygen atoms in total. The van der Waals surface area contributed by atoms with Gasteiger partial charge in [-0.05, 0) is 32.3 Å². The molecule has 0 spiro atoms. The maximum Gasteiger partial charge on any atom is 0.118 e. The second-order valence-corrected chi connectivity index (χ2v) is 5.25. The van der Waals surface area contributed by atoms with Crippen molar-refractivity contribution in [3.63, 3.8) is 0 Å². The molecule has 1 saturated heterocycles. The van der Waals surface area contributed by atoms with E-state index < -0.39 is 0 Å². The van der Waals surface area contributed by atoms with Crippen LogP contribution in [0.3, 0.4) is 0 Å². The normalized spacial score (nSPS) is 23.7. The lowest BCUT2D eigenvalue weighted by Gasteiger charge is -2.08. The van der Waals surface area contributed by atoms with Gasteiger partial charge in [0, 0.05) is 18.2 Å². The molecule has 1 saturated carbocycles. The van der Waals surface area contributed by atoms with E-state index in [0.29, 0.717) is 12.6 Å². The van der Waals surface area contributed by atoms with Gasteiger partial charge in [-0.3, -0.25) is 0 Å². The predicted octanol–water partition coefficient (Wildman–Crippen LogP) is 2.15. The van der Waals surface area contributed by atoms with E-state index >= 15 is 0 Å². The highest BCUT2D eigenvalue weighted by atomic mass is 16.5. The first-order valence-corrected chi connectivity index (χ1v) is 6.82. The van der Waals surface area contributed by atoms with Crippen molar-refractivity contribution in [2.24, 2.45) is 0 Å². The van der Waals surface area contributed by atoms with E-state index in [4.69, 9.17) is 13.9 Å². The summed E-state index contributed by atoms with van der Waals surface area (Å²) in [6.07, 6.45) is 3.87. The second-order valence-electron chi connectivity index (χ2n) is 5.25. The van der Waals surface area contributed by atoms with Crippen molar-refractivity contribution >= 4 is 0 Å². The zero-order valence-corrected chi connectivity index (χ0v) is 10.9. The Kier molecular flexibility index (Phi) is 3.68. The van der Waals surface area contributed by atoms with E-state index in [-0.39, 0.29) is 6.10 Å². The summed E-state index contributed by atoms with van der Waals surface area (Å²) >= 11 is 0. The molecule has 1 aromatic heterocycles. The van der Waals surface area contributed by atoms with Crippen LogP contribution in [0.25, 0.3) is 0 Å². The van der Waals surface area contributed by atoms with Crippen LogP contribution in [0.15, 0.2) is 10.5 Å². The van der Waals surface area contributed by atoms with Crippen molar-refractivity contribution < 1.29 is 13.9 Å². The van der Waals surface area contributed by atoms with E-state index in [1.165, 1.54) is 12.8 Å². The smallest absolute Gasteiger partial charge is 0.118 e. The van der Waals surface area contributed by atoms with Gasteiger partial charge >= 0.3 is 0 Å². The first kappa shape index (κ1) is 12.2. The average molecular weight is 251 g/mol. The number of hydrogen-bond acceptors (Lipinski definition) is 4. The number of nitrogens with one attached hydrogen (secondary N) is 1. The summed E-state index contributed by atoms with van der Waals surface area (Å²) in [4.78, 5) is 0. The molecule has 0 bridgehead atoms. The topological polar surface area (TPSA) is 43.6 Å². The Balaban J connectivity index is 1.50. The summed E-state index contributed by atoms with van der Waals surface area (Å²) < 4.78 is 16.8. The first-order chi connectivity index (χ1) is 8.81. The van der Waals surface area contributed by atoms with E-state index in [9.17, 15) is 0 Å². The highest BCUT2D eigenvalue weighted by Gasteiger charge is 2.21. The Morgan fingerprint density at radius 3 is 3.00 bits per heavy atom. The minimum absolute atomic E-state index is 0.257. The first-order valence-electron chi connectivity index (χ1n) is 6.82. The van der Waals surface area contributed by atoms with E-state index in [2.05, 4.69) is 11.4 Å². The lowest BCUT2D eigenvalue weighted by molar-refractivity contribution is 0.0312. The zero-order chi connectivity index (χ0) is 12.4. The van der Waals surface area contributed by atoms with Gasteiger partial charge in [-0.15, -0.1) is 0 Å². The molecule has 0 amide bonds. The zero-order valence-electron chi connectivity index (χ0n) is 10.9. The molecule has 100 valence electrons. The van der Waals surface area contributed by atoms with Gasteiger partial charge in [-0.25, -0.2) is 0 Å². The van der Waals surface area contributed by atoms with Gasteiger partial charge in [0.2, 0.25) is 0 Å². The van der Waals surface area contributed by atoms with Gasteiger partial charge in [0.25, 0.3) is 0 Å². The lowest BCUT2D eigenvalue weighted by Crippen LogP contribution is -2.14. The Morgan fingerprint density at radius 1 is 1.39 bits per heavy atom. The minimum atomic E-state index is 0.257. The summed E-state index contributed by atoms with van der Waals surface area (Å²) in [5.41, 5.74) is 1.16. The van der Waals surface area contributed by atoms with Crippen LogP contribution in [0.1, 0.15) is 36.3 Å². The standard InChI is InChI=1S/C14H21NO3/c1-10-11(8-17-13-4-5-16-9-13)6-14(18-10)7-15-12-2-3-12/h6,12-13,15H,2-5,7-9H2,1H3. The van der Waals surface area contributed by atoms with Crippen LogP contribution >= 0.6 is 0 Å². The fourth-order valence-electron chi connectivity index (χ4n) is 2.20. The van der Waals surface area contributed by atoms with E-state index in [0.717, 1.165) is 43.3 Å². The third-order valence-electron chi connectivity index (χ3n) is 3.58. The van der Waals surface area contributed by atoms with Crippen molar-refractivity contribution in [1.82, 2.24) is 5.32 Å². The lowest BCUT2D eigenvalue weighted by atomic mass is 10.2. The molecule has 1 N–H and O–H groups in total. The molecular formula is C14H21NO3. The molecule has 3 rings (SSSR count). The van der Waals surface area contributed by atoms with Gasteiger partial charge in [0.05, 0.1) is 25.9 Å². The molecule has 1 aliphatic heterocycles. The van der Waals surface area contributed by atoms with Crippen molar-refractivity contribution in [2.75, 3.05) is 13.2 Å². The highest BCUT2D eigenvalue weighted by molar-refractivity contribution is 5.20. The molecule has 4 heteroatoms. The maximum atomic E-state index is 5.82. The second kappa shape index (κ2) is 5.43. The summed E-state index contributed by atoms with van der Waals surface area (Å²) in [6, 6.07) is 2.83. The average Bonchev–Trinajstić information content (AvgIpc) is 2.91. The van der Waals surface area contributed by atoms with Crippen LogP contribution < -0.4 is 5.32 Å². The number of hydrogen-bond donors (Lipinski definition) is 1. The minimum Gasteiger partial charge on any atom is -0.465 e. The molecule has 2 heterocycles. The Labute approximate surface area is 108 Å². The summed E-state index contributed by atoms with van der Waals surface area (Å²) in [5.74, 6) is 1.99. The van der Waals surface area contributed by atoms with Crippen LogP contribution in [0.5, 0.6) is 0 Å². The monoisotopic (exact) mass is 251 g/mol. The van der Waals surface area contributed by atoms with Crippen LogP contribution in [-0.4, -0.2) is 25.4 Å². The quantitative estimate of drug-likeness (QED) is 0.841. The largest absolute Gasteiger partial charge is 0.465 e. The van der Waals surface area contributed by atoms with Crippen molar-refractivity contribution in [1.29, 1.82) is 0 Å². The van der Waals surface area contributed by atoms with E-state index in [1.54, 1.807) is 0 Å². The number of furan rings is 1. The number of aryl methyl sites for hydroxylation is 1. The molecule has 0 radical (unpaired) electrons. The Hall–Kier alpha value is -0.840. The van der Waals surface area contributed by atoms with Crippen molar-refractivity contribution in [2.45, 2.75) is 51.5 Å². The summed E-state index contributed by atoms with van der Waals surface area (Å²) in [7, 11) is 0. The van der Waals surface area contributed by atoms with Gasteiger partial charge in [0.1, 0.15) is 11.5 Å². The van der Waals surface area contributed by atoms with Crippen LogP contribution in [-0.2, 0) is 22.6 Å². The highest BCUT2D eigenvalue weighted by Crippen LogP contribution is 2.21. The molecule has 18 heavy (non-hydrogen) atoms. The third-order valence-corrected chi connectivity index (χ3v) is 3.58. The summed E-state index contributed by atoms with van der Waals surface area (Å²) in [6.45, 7) is 5.02. The third kappa shape index (κ3) is 3.13. The molecule has 1 aromatic rings. The van der Waals surface area contributed by atoms with Gasteiger partial charge in [0.15, 0.2) is 0 Å². The maximum absolute atomic E-state index is 5.82. The number of ether oxygens (including phenoxy) is 2. The molecule has 1 atom stereocenters. The van der Waals surface area contributed by atoms with Crippen molar-refractivity contribution in [3.05, 3.63) is 23.2 Å². The van der Waals surface area contributed by atoms with Crippen LogP contribution in [0, 0.1) is 6.92 Å². The molecular weight excluding hydrogens is 230 g/mol. The van der Waals surface area contributed by atoms with Gasteiger partial charge in [-0.1, -0.05) is 0 Å². The fourth-order valence-corrected chi connectivity index (χ4v) is 2.20. The molecule has 1 unspecified atom stereocenters. The SMILES string of the molecule is Cc1oc(CNC2CC2)cc1COC1CCOC1. The fraction of sp³-hybridized carbons (Fsp3) is 0.714. The van der Waals surface area contributed by atoms with Crippen molar-refractivity contribution in [3.8, 4) is 0 Å². The van der Waals surface area contributed by atoms with Gasteiger partial charge in [-0.2, -0.15) is 0 Å². The predicted molar refractivity (Wildman–Crippen MR) is 67.3 cm³/mol. The molecule has 2 aliphatic rings. The molecule has 0 aromatic carbocycles. The molecule has 2 fully saturated rings. The van der Waals surface area contributed by atoms with E-state index in [1.807, 2.05) is 6.92 Å². The Morgan fingerprint density at radius 2 is 2.28 bits per heavy atom.